The highest BCUT2D eigenvalue weighted by atomic mass is 16.5. The second kappa shape index (κ2) is 7.68. The summed E-state index contributed by atoms with van der Waals surface area (Å²) in [5.41, 5.74) is 2.80. The largest absolute Gasteiger partial charge is 0.496 e. The van der Waals surface area contributed by atoms with E-state index in [0.29, 0.717) is 24.3 Å². The number of carboxylic acids is 1. The predicted octanol–water partition coefficient (Wildman–Crippen LogP) is 3.95. The van der Waals surface area contributed by atoms with Gasteiger partial charge in [0.05, 0.1) is 19.6 Å². The number of aryl methyl sites for hydroxylation is 2. The average Bonchev–Trinajstić information content (AvgIpc) is 2.51. The lowest BCUT2D eigenvalue weighted by atomic mass is 9.94. The average molecular weight is 314 g/mol. The molecule has 1 atom stereocenters. The van der Waals surface area contributed by atoms with Crippen molar-refractivity contribution < 1.29 is 19.4 Å². The molecule has 0 radical (unpaired) electrons. The van der Waals surface area contributed by atoms with Crippen LogP contribution in [-0.4, -0.2) is 24.8 Å². The molecule has 0 aromatic heterocycles. The van der Waals surface area contributed by atoms with Crippen LogP contribution in [0.4, 0.5) is 0 Å². The monoisotopic (exact) mass is 314 g/mol. The highest BCUT2D eigenvalue weighted by molar-refractivity contribution is 5.77. The number of rotatable bonds is 7. The predicted molar refractivity (Wildman–Crippen MR) is 89.4 cm³/mol. The first-order valence-electron chi connectivity index (χ1n) is 7.58. The molecule has 1 N–H and O–H groups in total. The van der Waals surface area contributed by atoms with Crippen LogP contribution in [0.2, 0.25) is 0 Å². The van der Waals surface area contributed by atoms with Gasteiger partial charge in [-0.15, -0.1) is 0 Å². The number of carbonyl (C=O) groups is 1. The van der Waals surface area contributed by atoms with Crippen molar-refractivity contribution in [1.29, 1.82) is 0 Å². The van der Waals surface area contributed by atoms with Crippen molar-refractivity contribution >= 4 is 5.97 Å². The van der Waals surface area contributed by atoms with Crippen LogP contribution in [0, 0.1) is 13.8 Å². The van der Waals surface area contributed by atoms with Gasteiger partial charge < -0.3 is 14.6 Å². The van der Waals surface area contributed by atoms with Crippen LogP contribution in [0.1, 0.15) is 29.0 Å². The van der Waals surface area contributed by atoms with Crippen molar-refractivity contribution in [1.82, 2.24) is 0 Å². The lowest BCUT2D eigenvalue weighted by Gasteiger charge is -2.17. The lowest BCUT2D eigenvalue weighted by molar-refractivity contribution is -0.139. The Labute approximate surface area is 136 Å². The number of hydrogen-bond acceptors (Lipinski definition) is 3. The van der Waals surface area contributed by atoms with E-state index in [2.05, 4.69) is 0 Å². The van der Waals surface area contributed by atoms with Gasteiger partial charge in [-0.25, -0.2) is 0 Å². The van der Waals surface area contributed by atoms with E-state index in [1.54, 1.807) is 7.11 Å². The summed E-state index contributed by atoms with van der Waals surface area (Å²) in [6.45, 7) is 4.26. The van der Waals surface area contributed by atoms with Gasteiger partial charge in [-0.2, -0.15) is 0 Å². The fraction of sp³-hybridized carbons (Fsp3) is 0.316. The summed E-state index contributed by atoms with van der Waals surface area (Å²) in [5, 5.41) is 9.57. The molecule has 2 aromatic carbocycles. The molecule has 0 aliphatic rings. The molecule has 0 spiro atoms. The zero-order valence-electron chi connectivity index (χ0n) is 13.7. The first kappa shape index (κ1) is 16.9. The third kappa shape index (κ3) is 4.49. The Morgan fingerprint density at radius 1 is 1.13 bits per heavy atom. The number of carboxylic acid groups (broad SMARTS) is 1. The number of aliphatic carboxylic acids is 1. The molecule has 0 saturated carbocycles. The molecule has 0 aliphatic heterocycles. The second-order valence-electron chi connectivity index (χ2n) is 5.59. The van der Waals surface area contributed by atoms with Crippen LogP contribution in [-0.2, 0) is 4.79 Å². The third-order valence-corrected chi connectivity index (χ3v) is 3.72. The molecule has 0 fully saturated rings. The molecule has 2 aromatic rings. The van der Waals surface area contributed by atoms with Gasteiger partial charge in [0.15, 0.2) is 0 Å². The van der Waals surface area contributed by atoms with Gasteiger partial charge >= 0.3 is 5.97 Å². The Morgan fingerprint density at radius 2 is 1.87 bits per heavy atom. The van der Waals surface area contributed by atoms with Crippen LogP contribution < -0.4 is 9.47 Å². The zero-order valence-corrected chi connectivity index (χ0v) is 13.7. The van der Waals surface area contributed by atoms with Gasteiger partial charge in [0, 0.05) is 5.56 Å². The lowest BCUT2D eigenvalue weighted by Crippen LogP contribution is -2.16. The van der Waals surface area contributed by atoms with E-state index in [1.165, 1.54) is 0 Å². The maximum absolute atomic E-state index is 11.7. The molecule has 23 heavy (non-hydrogen) atoms. The van der Waals surface area contributed by atoms with Gasteiger partial charge in [0.1, 0.15) is 11.5 Å². The van der Waals surface area contributed by atoms with Crippen LogP contribution in [0.5, 0.6) is 11.5 Å². The van der Waals surface area contributed by atoms with Crippen molar-refractivity contribution in [2.24, 2.45) is 0 Å². The first-order valence-corrected chi connectivity index (χ1v) is 7.58. The maximum atomic E-state index is 11.7. The molecule has 0 saturated heterocycles. The number of hydrogen-bond donors (Lipinski definition) is 1. The molecule has 122 valence electrons. The number of ether oxygens (including phenoxy) is 2. The fourth-order valence-electron chi connectivity index (χ4n) is 2.54. The summed E-state index contributed by atoms with van der Waals surface area (Å²) in [7, 11) is 1.55. The molecule has 0 heterocycles. The summed E-state index contributed by atoms with van der Waals surface area (Å²) in [6, 6.07) is 13.3. The van der Waals surface area contributed by atoms with E-state index in [-0.39, 0.29) is 0 Å². The first-order chi connectivity index (χ1) is 11.0. The Kier molecular flexibility index (Phi) is 5.63. The fourth-order valence-corrected chi connectivity index (χ4v) is 2.54. The topological polar surface area (TPSA) is 55.8 Å². The van der Waals surface area contributed by atoms with Crippen molar-refractivity contribution in [3.63, 3.8) is 0 Å². The molecular weight excluding hydrogens is 292 g/mol. The van der Waals surface area contributed by atoms with E-state index >= 15 is 0 Å². The van der Waals surface area contributed by atoms with Crippen molar-refractivity contribution in [3.8, 4) is 11.5 Å². The van der Waals surface area contributed by atoms with Crippen LogP contribution in [0.25, 0.3) is 0 Å². The van der Waals surface area contributed by atoms with Crippen LogP contribution in [0.15, 0.2) is 42.5 Å². The van der Waals surface area contributed by atoms with E-state index in [0.717, 1.165) is 16.9 Å². The molecule has 0 aliphatic carbocycles. The number of methoxy groups -OCH3 is 1. The molecule has 0 amide bonds. The van der Waals surface area contributed by atoms with Gasteiger partial charge in [0.25, 0.3) is 0 Å². The molecule has 1 unspecified atom stereocenters. The zero-order chi connectivity index (χ0) is 16.8. The van der Waals surface area contributed by atoms with Gasteiger partial charge in [-0.05, 0) is 44.0 Å². The minimum absolute atomic E-state index is 0.331. The Morgan fingerprint density at radius 3 is 2.52 bits per heavy atom. The van der Waals surface area contributed by atoms with Gasteiger partial charge in [0.2, 0.25) is 0 Å². The Hall–Kier alpha value is -2.49. The van der Waals surface area contributed by atoms with Crippen LogP contribution >= 0.6 is 0 Å². The normalized spacial score (nSPS) is 11.8. The van der Waals surface area contributed by atoms with Gasteiger partial charge in [-0.1, -0.05) is 29.8 Å². The van der Waals surface area contributed by atoms with Crippen molar-refractivity contribution in [3.05, 3.63) is 59.2 Å². The minimum Gasteiger partial charge on any atom is -0.496 e. The summed E-state index contributed by atoms with van der Waals surface area (Å²) in [4.78, 5) is 11.7. The van der Waals surface area contributed by atoms with Crippen LogP contribution in [0.3, 0.4) is 0 Å². The quantitative estimate of drug-likeness (QED) is 0.840. The smallest absolute Gasteiger partial charge is 0.311 e. The molecular formula is C19H22O4. The Bertz CT molecular complexity index is 679. The summed E-state index contributed by atoms with van der Waals surface area (Å²) >= 11 is 0. The van der Waals surface area contributed by atoms with E-state index < -0.39 is 11.9 Å². The standard InChI is InChI=1S/C19H22O4/c1-13-5-4-6-15(11-13)23-10-9-16(19(20)21)17-12-14(2)7-8-18(17)22-3/h4-8,11-12,16H,9-10H2,1-3H3,(H,20,21). The molecule has 4 heteroatoms. The second-order valence-corrected chi connectivity index (χ2v) is 5.59. The minimum atomic E-state index is -0.873. The molecule has 2 rings (SSSR count). The molecule has 4 nitrogen and oxygen atoms in total. The summed E-state index contributed by atoms with van der Waals surface area (Å²) in [5.74, 6) is -0.180. The highest BCUT2D eigenvalue weighted by Gasteiger charge is 2.23. The van der Waals surface area contributed by atoms with Crippen molar-refractivity contribution in [2.45, 2.75) is 26.2 Å². The summed E-state index contributed by atoms with van der Waals surface area (Å²) in [6.07, 6.45) is 0.378. The van der Waals surface area contributed by atoms with Crippen molar-refractivity contribution in [2.75, 3.05) is 13.7 Å². The van der Waals surface area contributed by atoms with E-state index in [9.17, 15) is 9.90 Å². The Balaban J connectivity index is 2.10. The van der Waals surface area contributed by atoms with E-state index in [4.69, 9.17) is 9.47 Å². The number of benzene rings is 2. The maximum Gasteiger partial charge on any atom is 0.311 e. The third-order valence-electron chi connectivity index (χ3n) is 3.72. The van der Waals surface area contributed by atoms with E-state index in [1.807, 2.05) is 56.3 Å². The SMILES string of the molecule is COc1ccc(C)cc1C(CCOc1cccc(C)c1)C(=O)O. The summed E-state index contributed by atoms with van der Waals surface area (Å²) < 4.78 is 11.0. The molecule has 0 bridgehead atoms. The van der Waals surface area contributed by atoms with Gasteiger partial charge in [-0.3, -0.25) is 4.79 Å². The highest BCUT2D eigenvalue weighted by Crippen LogP contribution is 2.30.